The largest absolute Gasteiger partial charge is 2.00 e. The van der Waals surface area contributed by atoms with E-state index in [9.17, 15) is 14.7 Å². The molecular weight excluding hydrogens is 754 g/mol. The van der Waals surface area contributed by atoms with E-state index in [2.05, 4.69) is 49.8 Å². The molecule has 0 fully saturated rings. The van der Waals surface area contributed by atoms with Crippen molar-refractivity contribution < 1.29 is 43.6 Å². The number of hydrogen-bond donors (Lipinski definition) is 2. The van der Waals surface area contributed by atoms with Crippen LogP contribution in [0.1, 0.15) is 0 Å². The third kappa shape index (κ3) is 9.48. The molecule has 7 aromatic rings. The number of nitriles is 1. The Kier molecular flexibility index (Phi) is 14.4. The minimum Gasteiger partial charge on any atom is -0.753 e. The van der Waals surface area contributed by atoms with Crippen LogP contribution in [0.4, 0.5) is 0 Å². The van der Waals surface area contributed by atoms with Crippen LogP contribution in [0.2, 0.25) is 0 Å². The van der Waals surface area contributed by atoms with Gasteiger partial charge in [-0.3, -0.25) is 29.5 Å². The third-order valence-corrected chi connectivity index (χ3v) is 6.28. The summed E-state index contributed by atoms with van der Waals surface area (Å²) < 4.78 is 9.42. The van der Waals surface area contributed by atoms with E-state index in [1.54, 1.807) is 54.9 Å². The van der Waals surface area contributed by atoms with Crippen molar-refractivity contribution in [3.8, 4) is 45.4 Å². The van der Waals surface area contributed by atoms with E-state index in [1.807, 2.05) is 30.3 Å². The van der Waals surface area contributed by atoms with Crippen LogP contribution < -0.4 is 9.47 Å². The fraction of sp³-hybridized carbons (Fsp3) is 0. The van der Waals surface area contributed by atoms with Gasteiger partial charge in [-0.15, -0.1) is 0 Å². The molecule has 242 valence electrons. The normalized spacial score (nSPS) is 9.45. The number of benzene rings is 2. The molecule has 0 aliphatic rings. The molecular formula is C33H20N8O5RuS2. The van der Waals surface area contributed by atoms with E-state index >= 15 is 0 Å². The Morgan fingerprint density at radius 1 is 0.796 bits per heavy atom. The first-order chi connectivity index (χ1) is 23.5. The summed E-state index contributed by atoms with van der Waals surface area (Å²) in [4.78, 5) is 45.8. The third-order valence-electron chi connectivity index (χ3n) is 6.28. The summed E-state index contributed by atoms with van der Waals surface area (Å²) in [5, 5.41) is 28.6. The Bertz CT molecular complexity index is 2170. The zero-order valence-electron chi connectivity index (χ0n) is 24.8. The number of ether oxygens (including phenoxy) is 2. The van der Waals surface area contributed by atoms with Gasteiger partial charge in [-0.05, 0) is 48.5 Å². The van der Waals surface area contributed by atoms with Crippen LogP contribution in [0.15, 0.2) is 97.6 Å². The summed E-state index contributed by atoms with van der Waals surface area (Å²) in [5.74, 6) is 1.64. The summed E-state index contributed by atoms with van der Waals surface area (Å²) in [5.41, 5.74) is 5.33. The van der Waals surface area contributed by atoms with Crippen molar-refractivity contribution in [3.05, 3.63) is 103 Å². The van der Waals surface area contributed by atoms with E-state index in [1.165, 1.54) is 23.0 Å². The van der Waals surface area contributed by atoms with Gasteiger partial charge in [-0.1, -0.05) is 29.8 Å². The number of nitrogens with one attached hydrogen (secondary N) is 1. The SMILES string of the molecule is N#C[S-].O=COc1ccnc(-c2cc(OC=O)ccn2)c1.Oc1cccc(-c2nc3c4cccnc4c4ncccc4c3[nH]2)c1.[N-]=C=S.[Ru+2]. The van der Waals surface area contributed by atoms with Gasteiger partial charge in [-0.25, -0.2) is 10.2 Å². The standard InChI is InChI=1S/C19H12N4O.C12H8N2O4.CHNS.CNS.Ru/c24-12-5-1-4-11(10-12)19-22-17-13-6-2-8-20-15(13)16-14(18(17)23-19)7-3-9-21-16;15-7-17-9-1-3-13-11(5-9)12-6-10(18-8-16)2-4-14-12;2*2-1-3;/h1-10,24H,(H,22,23);1-8H;3H;;/q;;;-1;+2/p-1. The topological polar surface area (TPSA) is 199 Å². The molecule has 0 aliphatic carbocycles. The van der Waals surface area contributed by atoms with E-state index in [0.29, 0.717) is 41.7 Å². The maximum atomic E-state index is 10.2. The fourth-order valence-corrected chi connectivity index (χ4v) is 4.49. The minimum absolute atomic E-state index is 0. The van der Waals surface area contributed by atoms with Gasteiger partial charge < -0.3 is 37.6 Å². The predicted molar refractivity (Wildman–Crippen MR) is 184 cm³/mol. The number of thiocyanates is 1. The molecule has 0 spiro atoms. The van der Waals surface area contributed by atoms with Crippen LogP contribution in [0, 0.1) is 10.7 Å². The summed E-state index contributed by atoms with van der Waals surface area (Å²) in [6.07, 6.45) is 6.52. The second-order valence-electron chi connectivity index (χ2n) is 9.02. The van der Waals surface area contributed by atoms with Gasteiger partial charge in [0.2, 0.25) is 0 Å². The van der Waals surface area contributed by atoms with Crippen LogP contribution in [0.5, 0.6) is 17.2 Å². The number of imidazole rings is 1. The van der Waals surface area contributed by atoms with Crippen LogP contribution in [-0.4, -0.2) is 53.1 Å². The maximum Gasteiger partial charge on any atom is 2.00 e. The Morgan fingerprint density at radius 3 is 1.86 bits per heavy atom. The van der Waals surface area contributed by atoms with Crippen molar-refractivity contribution in [3.63, 3.8) is 0 Å². The van der Waals surface area contributed by atoms with Crippen LogP contribution >= 0.6 is 12.2 Å². The van der Waals surface area contributed by atoms with Crippen molar-refractivity contribution in [2.24, 2.45) is 0 Å². The van der Waals surface area contributed by atoms with Crippen molar-refractivity contribution in [2.75, 3.05) is 0 Å². The van der Waals surface area contributed by atoms with Crippen molar-refractivity contribution >= 4 is 75.8 Å². The van der Waals surface area contributed by atoms with E-state index in [-0.39, 0.29) is 25.2 Å². The number of nitrogens with zero attached hydrogens (tertiary/aromatic N) is 7. The first-order valence-electron chi connectivity index (χ1n) is 13.4. The van der Waals surface area contributed by atoms with E-state index in [4.69, 9.17) is 25.1 Å². The molecule has 0 amide bonds. The van der Waals surface area contributed by atoms with E-state index in [0.717, 1.165) is 38.4 Å². The van der Waals surface area contributed by atoms with Crippen LogP contribution in [0.3, 0.4) is 0 Å². The first kappa shape index (κ1) is 37.4. The Hall–Kier alpha value is -6.10. The van der Waals surface area contributed by atoms with Gasteiger partial charge in [0.1, 0.15) is 23.1 Å². The maximum absolute atomic E-state index is 10.2. The summed E-state index contributed by atoms with van der Waals surface area (Å²) in [7, 11) is 0. The molecule has 13 nitrogen and oxygen atoms in total. The predicted octanol–water partition coefficient (Wildman–Crippen LogP) is 5.92. The number of aromatic hydroxyl groups is 1. The summed E-state index contributed by atoms with van der Waals surface area (Å²) >= 11 is 7.40. The Balaban J connectivity index is 0.000000232. The van der Waals surface area contributed by atoms with Gasteiger partial charge in [0.05, 0.1) is 33.5 Å². The number of phenols is 1. The number of thiocarbonyl (C=S) groups is 1. The molecule has 16 heteroatoms. The molecule has 0 unspecified atom stereocenters. The smallest absolute Gasteiger partial charge is 0.753 e. The summed E-state index contributed by atoms with van der Waals surface area (Å²) in [6, 6.07) is 21.1. The average Bonchev–Trinajstić information content (AvgIpc) is 3.57. The molecule has 2 aromatic carbocycles. The molecule has 7 rings (SSSR count). The van der Waals surface area contributed by atoms with Gasteiger partial charge in [0.15, 0.2) is 0 Å². The number of aromatic nitrogens is 6. The van der Waals surface area contributed by atoms with Crippen molar-refractivity contribution in [1.29, 1.82) is 5.26 Å². The number of carbonyl (C=O) groups is 2. The number of rotatable bonds is 6. The minimum atomic E-state index is 0. The van der Waals surface area contributed by atoms with Crippen molar-refractivity contribution in [2.45, 2.75) is 0 Å². The molecule has 0 aliphatic heterocycles. The van der Waals surface area contributed by atoms with Gasteiger partial charge in [0.25, 0.3) is 12.9 Å². The quantitative estimate of drug-likeness (QED) is 0.0385. The monoisotopic (exact) mass is 774 g/mol. The molecule has 0 atom stereocenters. The molecule has 5 aromatic heterocycles. The molecule has 0 saturated heterocycles. The average molecular weight is 774 g/mol. The number of aromatic amines is 1. The number of carbonyl (C=O) groups excluding carboxylic acids is 2. The zero-order chi connectivity index (χ0) is 34.3. The van der Waals surface area contributed by atoms with E-state index < -0.39 is 0 Å². The molecule has 2 N–H and O–H groups in total. The molecule has 49 heavy (non-hydrogen) atoms. The number of isothiocyanates is 1. The number of fused-ring (bicyclic) bond motifs is 6. The summed E-state index contributed by atoms with van der Waals surface area (Å²) in [6.45, 7) is 0.664. The van der Waals surface area contributed by atoms with Gasteiger partial charge >= 0.3 is 19.5 Å². The molecule has 0 radical (unpaired) electrons. The molecule has 0 saturated carbocycles. The number of H-pyrrole nitrogens is 1. The van der Waals surface area contributed by atoms with Crippen LogP contribution in [-0.2, 0) is 41.7 Å². The Morgan fingerprint density at radius 2 is 1.33 bits per heavy atom. The van der Waals surface area contributed by atoms with Crippen LogP contribution in [0.25, 0.3) is 61.0 Å². The first-order valence-corrected chi connectivity index (χ1v) is 14.3. The Labute approximate surface area is 301 Å². The second-order valence-corrected chi connectivity index (χ2v) is 9.39. The number of pyridine rings is 4. The van der Waals surface area contributed by atoms with Gasteiger partial charge in [-0.2, -0.15) is 5.16 Å². The molecule has 0 bridgehead atoms. The van der Waals surface area contributed by atoms with Crippen molar-refractivity contribution in [1.82, 2.24) is 29.9 Å². The second kappa shape index (κ2) is 18.9. The number of phenolic OH excluding ortho intramolecular Hbond substituents is 1. The zero-order valence-corrected chi connectivity index (χ0v) is 28.1. The van der Waals surface area contributed by atoms with Gasteiger partial charge in [0, 0.05) is 53.3 Å². The fourth-order valence-electron chi connectivity index (χ4n) is 4.49. The molecule has 5 heterocycles. The number of hydrogen-bond acceptors (Lipinski definition) is 13.